The van der Waals surface area contributed by atoms with E-state index < -0.39 is 23.7 Å². The van der Waals surface area contributed by atoms with Gasteiger partial charge in [-0.05, 0) is 42.5 Å². The van der Waals surface area contributed by atoms with Crippen LogP contribution in [0.25, 0.3) is 16.6 Å². The Morgan fingerprint density at radius 3 is 2.45 bits per heavy atom. The van der Waals surface area contributed by atoms with Crippen LogP contribution in [0.1, 0.15) is 5.69 Å². The lowest BCUT2D eigenvalue weighted by atomic mass is 10.2. The number of methoxy groups -OCH3 is 2. The topological polar surface area (TPSA) is 122 Å². The number of halogens is 4. The van der Waals surface area contributed by atoms with Crippen molar-refractivity contribution in [1.82, 2.24) is 19.7 Å². The smallest absolute Gasteiger partial charge is 0.435 e. The Labute approximate surface area is 247 Å². The first kappa shape index (κ1) is 30.0. The highest BCUT2D eigenvalue weighted by atomic mass is 19.4. The number of carbonyl (C=O) groups excluding carboxylic acids is 1. The summed E-state index contributed by atoms with van der Waals surface area (Å²) >= 11 is 0. The zero-order chi connectivity index (χ0) is 31.3. The van der Waals surface area contributed by atoms with Crippen molar-refractivity contribution in [1.29, 1.82) is 0 Å². The van der Waals surface area contributed by atoms with Crippen molar-refractivity contribution < 1.29 is 41.3 Å². The predicted octanol–water partition coefficient (Wildman–Crippen LogP) is 6.44. The molecule has 3 aromatic carbocycles. The highest BCUT2D eigenvalue weighted by molar-refractivity contribution is 5.99. The summed E-state index contributed by atoms with van der Waals surface area (Å²) in [5.74, 6) is 0.494. The first-order valence-corrected chi connectivity index (χ1v) is 12.9. The number of urea groups is 1. The van der Waals surface area contributed by atoms with Crippen LogP contribution < -0.4 is 24.8 Å². The van der Waals surface area contributed by atoms with E-state index in [9.17, 15) is 22.4 Å². The molecule has 0 aliphatic heterocycles. The fourth-order valence-electron chi connectivity index (χ4n) is 4.04. The summed E-state index contributed by atoms with van der Waals surface area (Å²) in [6.45, 7) is 0.687. The maximum absolute atomic E-state index is 13.4. The maximum atomic E-state index is 13.4. The van der Waals surface area contributed by atoms with Crippen LogP contribution in [0.5, 0.6) is 23.1 Å². The summed E-state index contributed by atoms with van der Waals surface area (Å²) in [4.78, 5) is 21.3. The summed E-state index contributed by atoms with van der Waals surface area (Å²) in [5.41, 5.74) is -0.355. The third-order valence-corrected chi connectivity index (χ3v) is 6.05. The lowest BCUT2D eigenvalue weighted by Gasteiger charge is -2.14. The van der Waals surface area contributed by atoms with Gasteiger partial charge in [-0.15, -0.1) is 0 Å². The van der Waals surface area contributed by atoms with E-state index in [-0.39, 0.29) is 28.8 Å². The monoisotopic (exact) mass is 612 g/mol. The number of hydrogen-bond acceptors (Lipinski definition) is 8. The van der Waals surface area contributed by atoms with Gasteiger partial charge in [0.15, 0.2) is 17.2 Å². The lowest BCUT2D eigenvalue weighted by molar-refractivity contribution is -0.141. The molecule has 0 aliphatic carbocycles. The SMILES string of the molecule is COCCOc1cc2ncnc(Oc3cccc(NC(=O)Nc4cc(C(F)(F)F)nn4-c4ccc(F)cc4)c3)c2cc1OC. The highest BCUT2D eigenvalue weighted by Crippen LogP contribution is 2.36. The van der Waals surface area contributed by atoms with Gasteiger partial charge in [-0.3, -0.25) is 5.32 Å². The van der Waals surface area contributed by atoms with Crippen molar-refractivity contribution in [3.8, 4) is 28.8 Å². The zero-order valence-electron chi connectivity index (χ0n) is 23.2. The van der Waals surface area contributed by atoms with Gasteiger partial charge in [0.25, 0.3) is 0 Å². The van der Waals surface area contributed by atoms with E-state index in [2.05, 4.69) is 25.7 Å². The fourth-order valence-corrected chi connectivity index (χ4v) is 4.04. The first-order valence-electron chi connectivity index (χ1n) is 12.9. The molecule has 228 valence electrons. The van der Waals surface area contributed by atoms with Crippen molar-refractivity contribution in [2.24, 2.45) is 0 Å². The minimum atomic E-state index is -4.78. The summed E-state index contributed by atoms with van der Waals surface area (Å²) < 4.78 is 76.6. The van der Waals surface area contributed by atoms with E-state index >= 15 is 0 Å². The molecule has 15 heteroatoms. The Morgan fingerprint density at radius 1 is 0.932 bits per heavy atom. The van der Waals surface area contributed by atoms with Gasteiger partial charge in [0.05, 0.1) is 30.3 Å². The van der Waals surface area contributed by atoms with Gasteiger partial charge in [0, 0.05) is 31.0 Å². The summed E-state index contributed by atoms with van der Waals surface area (Å²) in [5, 5.41) is 8.96. The van der Waals surface area contributed by atoms with Crippen LogP contribution in [-0.2, 0) is 10.9 Å². The van der Waals surface area contributed by atoms with Gasteiger partial charge in [-0.2, -0.15) is 18.3 Å². The predicted molar refractivity (Wildman–Crippen MR) is 151 cm³/mol. The molecule has 0 aliphatic rings. The fraction of sp³-hybridized carbons (Fsp3) is 0.172. The number of carbonyl (C=O) groups is 1. The number of hydrogen-bond donors (Lipinski definition) is 2. The van der Waals surface area contributed by atoms with E-state index in [1.54, 1.807) is 37.4 Å². The second-order valence-electron chi connectivity index (χ2n) is 9.05. The molecule has 5 aromatic rings. The number of anilines is 2. The molecule has 2 amide bonds. The second-order valence-corrected chi connectivity index (χ2v) is 9.05. The molecule has 0 bridgehead atoms. The Bertz CT molecular complexity index is 1780. The molecule has 0 unspecified atom stereocenters. The molecule has 0 radical (unpaired) electrons. The number of ether oxygens (including phenoxy) is 4. The van der Waals surface area contributed by atoms with Gasteiger partial charge in [0.1, 0.15) is 30.3 Å². The number of alkyl halides is 3. The molecule has 0 spiro atoms. The molecule has 2 N–H and O–H groups in total. The highest BCUT2D eigenvalue weighted by Gasteiger charge is 2.35. The molecule has 0 saturated heterocycles. The second kappa shape index (κ2) is 12.8. The van der Waals surface area contributed by atoms with Gasteiger partial charge in [-0.1, -0.05) is 6.07 Å². The average molecular weight is 613 g/mol. The first-order chi connectivity index (χ1) is 21.1. The van der Waals surface area contributed by atoms with E-state index in [4.69, 9.17) is 18.9 Å². The largest absolute Gasteiger partial charge is 0.493 e. The molecule has 0 saturated carbocycles. The molecular formula is C29H24F4N6O5. The summed E-state index contributed by atoms with van der Waals surface area (Å²) in [7, 11) is 3.05. The van der Waals surface area contributed by atoms with Crippen molar-refractivity contribution in [2.45, 2.75) is 6.18 Å². The van der Waals surface area contributed by atoms with E-state index in [0.29, 0.717) is 41.7 Å². The lowest BCUT2D eigenvalue weighted by Crippen LogP contribution is -2.21. The van der Waals surface area contributed by atoms with E-state index in [1.807, 2.05) is 0 Å². The number of benzene rings is 3. The van der Waals surface area contributed by atoms with E-state index in [1.165, 1.54) is 31.6 Å². The van der Waals surface area contributed by atoms with Crippen LogP contribution in [0, 0.1) is 5.82 Å². The number of aromatic nitrogens is 4. The number of nitrogens with one attached hydrogen (secondary N) is 2. The molecule has 2 heterocycles. The number of fused-ring (bicyclic) bond motifs is 1. The van der Waals surface area contributed by atoms with Crippen molar-refractivity contribution in [3.05, 3.63) is 84.6 Å². The van der Waals surface area contributed by atoms with Crippen molar-refractivity contribution >= 4 is 28.4 Å². The molecule has 0 atom stereocenters. The molecule has 0 fully saturated rings. The van der Waals surface area contributed by atoms with E-state index in [0.717, 1.165) is 16.8 Å². The van der Waals surface area contributed by atoms with Gasteiger partial charge in [0.2, 0.25) is 5.88 Å². The molecule has 2 aromatic heterocycles. The molecule has 5 rings (SSSR count). The quantitative estimate of drug-likeness (QED) is 0.137. The normalized spacial score (nSPS) is 11.3. The number of nitrogens with zero attached hydrogens (tertiary/aromatic N) is 4. The Hall–Kier alpha value is -5.44. The maximum Gasteiger partial charge on any atom is 0.435 e. The molecule has 44 heavy (non-hydrogen) atoms. The Balaban J connectivity index is 1.34. The Kier molecular flexibility index (Phi) is 8.76. The summed E-state index contributed by atoms with van der Waals surface area (Å²) in [6.07, 6.45) is -3.46. The van der Waals surface area contributed by atoms with Gasteiger partial charge < -0.3 is 24.3 Å². The third kappa shape index (κ3) is 6.95. The minimum absolute atomic E-state index is 0.106. The van der Waals surface area contributed by atoms with Crippen LogP contribution >= 0.6 is 0 Å². The average Bonchev–Trinajstić information content (AvgIpc) is 3.42. The van der Waals surface area contributed by atoms with Crippen LogP contribution in [0.4, 0.5) is 33.9 Å². The number of rotatable bonds is 10. The minimum Gasteiger partial charge on any atom is -0.493 e. The van der Waals surface area contributed by atoms with Crippen LogP contribution in [0.3, 0.4) is 0 Å². The van der Waals surface area contributed by atoms with Crippen molar-refractivity contribution in [2.75, 3.05) is 38.1 Å². The zero-order valence-corrected chi connectivity index (χ0v) is 23.2. The standard InChI is InChI=1S/C29H24F4N6O5/c1-41-10-11-43-24-14-22-21(13-23(24)42-2)27(35-16-34-22)44-20-5-3-4-18(12-20)36-28(40)37-26-15-25(29(31,32)33)38-39(26)19-8-6-17(30)7-9-19/h3-9,12-16H,10-11H2,1-2H3,(H2,36,37,40). The van der Waals surface area contributed by atoms with Gasteiger partial charge >= 0.3 is 12.2 Å². The number of amides is 2. The van der Waals surface area contributed by atoms with Crippen LogP contribution in [0.15, 0.2) is 73.1 Å². The molecule has 11 nitrogen and oxygen atoms in total. The third-order valence-electron chi connectivity index (χ3n) is 6.05. The van der Waals surface area contributed by atoms with Crippen molar-refractivity contribution in [3.63, 3.8) is 0 Å². The van der Waals surface area contributed by atoms with Crippen LogP contribution in [0.2, 0.25) is 0 Å². The summed E-state index contributed by atoms with van der Waals surface area (Å²) in [6, 6.07) is 14.0. The van der Waals surface area contributed by atoms with Gasteiger partial charge in [-0.25, -0.2) is 23.8 Å². The molecular weight excluding hydrogens is 588 g/mol. The van der Waals surface area contributed by atoms with Crippen LogP contribution in [-0.4, -0.2) is 53.2 Å². The Morgan fingerprint density at radius 2 is 1.73 bits per heavy atom.